The molecule has 150 valence electrons. The van der Waals surface area contributed by atoms with E-state index in [4.69, 9.17) is 4.74 Å². The third kappa shape index (κ3) is 4.12. The molecule has 0 spiro atoms. The van der Waals surface area contributed by atoms with Gasteiger partial charge in [0.2, 0.25) is 0 Å². The molecule has 0 saturated heterocycles. The second kappa shape index (κ2) is 8.44. The number of benzene rings is 3. The summed E-state index contributed by atoms with van der Waals surface area (Å²) in [6, 6.07) is 22.5. The Morgan fingerprint density at radius 2 is 1.87 bits per heavy atom. The average molecular weight is 401 g/mol. The van der Waals surface area contributed by atoms with E-state index < -0.39 is 5.97 Å². The number of carbonyl (C=O) groups is 1. The van der Waals surface area contributed by atoms with Crippen LogP contribution in [0, 0.1) is 6.92 Å². The van der Waals surface area contributed by atoms with Crippen LogP contribution in [0.4, 0.5) is 5.69 Å². The molecule has 0 fully saturated rings. The molecular weight excluding hydrogens is 382 g/mol. The fourth-order valence-electron chi connectivity index (χ4n) is 3.05. The minimum atomic E-state index is -0.942. The Bertz CT molecular complexity index is 1170. The molecule has 3 aromatic carbocycles. The maximum atomic E-state index is 11.3. The predicted octanol–water partition coefficient (Wildman–Crippen LogP) is 4.07. The number of tetrazole rings is 1. The summed E-state index contributed by atoms with van der Waals surface area (Å²) in [5.74, 6) is -0.347. The number of nitrogens with one attached hydrogen (secondary N) is 1. The number of para-hydroxylation sites is 1. The van der Waals surface area contributed by atoms with Crippen LogP contribution in [0.15, 0.2) is 72.8 Å². The molecule has 0 atom stereocenters. The fraction of sp³-hybridized carbons (Fsp3) is 0.0909. The van der Waals surface area contributed by atoms with E-state index in [0.29, 0.717) is 17.9 Å². The monoisotopic (exact) mass is 401 g/mol. The van der Waals surface area contributed by atoms with Crippen LogP contribution in [0.3, 0.4) is 0 Å². The third-order valence-corrected chi connectivity index (χ3v) is 4.60. The van der Waals surface area contributed by atoms with Gasteiger partial charge >= 0.3 is 12.0 Å². The standard InChI is InChI=1S/C22H19N5O3/c1-15-19(21(28)29)11-6-12-20(15)23-14-16-7-5-10-18(13-16)30-22-24-25-26-27(22)17-8-3-2-4-9-17/h2-13,23H,14H2,1H3,(H,28,29). The number of hydrogen-bond donors (Lipinski definition) is 2. The number of carboxylic acid groups (broad SMARTS) is 1. The van der Waals surface area contributed by atoms with Crippen LogP contribution in [-0.4, -0.2) is 31.3 Å². The molecule has 2 N–H and O–H groups in total. The number of hydrogen-bond acceptors (Lipinski definition) is 6. The molecular formula is C22H19N5O3. The Balaban J connectivity index is 1.49. The van der Waals surface area contributed by atoms with Gasteiger partial charge in [-0.3, -0.25) is 0 Å². The van der Waals surface area contributed by atoms with Crippen molar-refractivity contribution in [2.24, 2.45) is 0 Å². The van der Waals surface area contributed by atoms with Crippen molar-refractivity contribution >= 4 is 11.7 Å². The lowest BCUT2D eigenvalue weighted by molar-refractivity contribution is 0.0696. The van der Waals surface area contributed by atoms with Gasteiger partial charge in [0, 0.05) is 12.2 Å². The lowest BCUT2D eigenvalue weighted by Crippen LogP contribution is -2.06. The van der Waals surface area contributed by atoms with E-state index in [-0.39, 0.29) is 11.6 Å². The average Bonchev–Trinajstić information content (AvgIpc) is 3.22. The minimum Gasteiger partial charge on any atom is -0.478 e. The Labute approximate surface area is 172 Å². The van der Waals surface area contributed by atoms with Crippen molar-refractivity contribution in [3.05, 3.63) is 89.5 Å². The van der Waals surface area contributed by atoms with Crippen LogP contribution >= 0.6 is 0 Å². The lowest BCUT2D eigenvalue weighted by Gasteiger charge is -2.12. The highest BCUT2D eigenvalue weighted by atomic mass is 16.5. The van der Waals surface area contributed by atoms with Gasteiger partial charge in [-0.2, -0.15) is 4.68 Å². The largest absolute Gasteiger partial charge is 0.478 e. The van der Waals surface area contributed by atoms with Crippen molar-refractivity contribution in [2.75, 3.05) is 5.32 Å². The molecule has 0 aliphatic heterocycles. The molecule has 8 nitrogen and oxygen atoms in total. The Morgan fingerprint density at radius 1 is 1.07 bits per heavy atom. The van der Waals surface area contributed by atoms with Crippen LogP contribution in [0.2, 0.25) is 0 Å². The first-order valence-corrected chi connectivity index (χ1v) is 9.29. The molecule has 0 aliphatic carbocycles. The van der Waals surface area contributed by atoms with E-state index >= 15 is 0 Å². The highest BCUT2D eigenvalue weighted by Gasteiger charge is 2.12. The summed E-state index contributed by atoms with van der Waals surface area (Å²) in [6.07, 6.45) is 0. The van der Waals surface area contributed by atoms with Gasteiger partial charge in [-0.15, -0.1) is 0 Å². The summed E-state index contributed by atoms with van der Waals surface area (Å²) in [5.41, 5.74) is 3.51. The van der Waals surface area contributed by atoms with Gasteiger partial charge in [-0.25, -0.2) is 4.79 Å². The van der Waals surface area contributed by atoms with Crippen molar-refractivity contribution in [2.45, 2.75) is 13.5 Å². The van der Waals surface area contributed by atoms with Gasteiger partial charge in [-0.05, 0) is 64.9 Å². The number of aromatic carboxylic acids is 1. The fourth-order valence-corrected chi connectivity index (χ4v) is 3.05. The number of aromatic nitrogens is 4. The van der Waals surface area contributed by atoms with Crippen molar-refractivity contribution in [1.82, 2.24) is 20.2 Å². The Kier molecular flexibility index (Phi) is 5.38. The number of nitrogens with zero attached hydrogens (tertiary/aromatic N) is 4. The third-order valence-electron chi connectivity index (χ3n) is 4.60. The molecule has 4 aromatic rings. The van der Waals surface area contributed by atoms with Gasteiger partial charge in [0.25, 0.3) is 0 Å². The topological polar surface area (TPSA) is 102 Å². The van der Waals surface area contributed by atoms with E-state index in [0.717, 1.165) is 16.9 Å². The first kappa shape index (κ1) is 19.1. The second-order valence-electron chi connectivity index (χ2n) is 6.60. The molecule has 1 heterocycles. The highest BCUT2D eigenvalue weighted by Crippen LogP contribution is 2.24. The Morgan fingerprint density at radius 3 is 2.67 bits per heavy atom. The molecule has 0 saturated carbocycles. The maximum Gasteiger partial charge on any atom is 0.345 e. The van der Waals surface area contributed by atoms with Gasteiger partial charge in [-0.1, -0.05) is 41.5 Å². The van der Waals surface area contributed by atoms with E-state index in [1.54, 1.807) is 19.1 Å². The molecule has 0 amide bonds. The van der Waals surface area contributed by atoms with Gasteiger partial charge in [0.15, 0.2) is 0 Å². The van der Waals surface area contributed by atoms with Crippen molar-refractivity contribution in [1.29, 1.82) is 0 Å². The van der Waals surface area contributed by atoms with Gasteiger partial charge < -0.3 is 15.2 Å². The van der Waals surface area contributed by atoms with Crippen LogP contribution in [-0.2, 0) is 6.54 Å². The molecule has 0 aliphatic rings. The van der Waals surface area contributed by atoms with Crippen LogP contribution in [0.25, 0.3) is 5.69 Å². The first-order chi connectivity index (χ1) is 14.6. The quantitative estimate of drug-likeness (QED) is 0.481. The van der Waals surface area contributed by atoms with Crippen LogP contribution in [0.1, 0.15) is 21.5 Å². The van der Waals surface area contributed by atoms with Crippen molar-refractivity contribution < 1.29 is 14.6 Å². The summed E-state index contributed by atoms with van der Waals surface area (Å²) in [5, 5.41) is 24.2. The zero-order valence-electron chi connectivity index (χ0n) is 16.2. The number of anilines is 1. The zero-order valence-corrected chi connectivity index (χ0v) is 16.2. The summed E-state index contributed by atoms with van der Waals surface area (Å²) < 4.78 is 7.41. The van der Waals surface area contributed by atoms with Crippen molar-refractivity contribution in [3.63, 3.8) is 0 Å². The number of carboxylic acids is 1. The molecule has 0 radical (unpaired) electrons. The molecule has 0 unspecified atom stereocenters. The van der Waals surface area contributed by atoms with Crippen molar-refractivity contribution in [3.8, 4) is 17.4 Å². The lowest BCUT2D eigenvalue weighted by atomic mass is 10.1. The van der Waals surface area contributed by atoms with Crippen LogP contribution < -0.4 is 10.1 Å². The van der Waals surface area contributed by atoms with Crippen LogP contribution in [0.5, 0.6) is 11.8 Å². The second-order valence-corrected chi connectivity index (χ2v) is 6.60. The molecule has 30 heavy (non-hydrogen) atoms. The Hall–Kier alpha value is -4.20. The summed E-state index contributed by atoms with van der Waals surface area (Å²) in [7, 11) is 0. The number of rotatable bonds is 7. The van der Waals surface area contributed by atoms with E-state index in [1.165, 1.54) is 4.68 Å². The zero-order chi connectivity index (χ0) is 20.9. The van der Waals surface area contributed by atoms with E-state index in [1.807, 2.05) is 60.7 Å². The maximum absolute atomic E-state index is 11.3. The summed E-state index contributed by atoms with van der Waals surface area (Å²) in [6.45, 7) is 2.29. The predicted molar refractivity (Wildman–Crippen MR) is 111 cm³/mol. The molecule has 1 aromatic heterocycles. The number of ether oxygens (including phenoxy) is 1. The molecule has 4 rings (SSSR count). The minimum absolute atomic E-state index is 0.260. The van der Waals surface area contributed by atoms with Gasteiger partial charge in [0.05, 0.1) is 11.3 Å². The SMILES string of the molecule is Cc1c(NCc2cccc(Oc3nnnn3-c3ccccc3)c2)cccc1C(=O)O. The van der Waals surface area contributed by atoms with E-state index in [2.05, 4.69) is 20.8 Å². The highest BCUT2D eigenvalue weighted by molar-refractivity contribution is 5.91. The first-order valence-electron chi connectivity index (χ1n) is 9.29. The molecule has 0 bridgehead atoms. The van der Waals surface area contributed by atoms with Gasteiger partial charge in [0.1, 0.15) is 5.75 Å². The normalized spacial score (nSPS) is 10.6. The summed E-state index contributed by atoms with van der Waals surface area (Å²) >= 11 is 0. The molecule has 8 heteroatoms. The van der Waals surface area contributed by atoms with E-state index in [9.17, 15) is 9.90 Å². The smallest absolute Gasteiger partial charge is 0.345 e. The summed E-state index contributed by atoms with van der Waals surface area (Å²) in [4.78, 5) is 11.3.